The molecule has 3 heterocycles. The third-order valence-corrected chi connectivity index (χ3v) is 5.86. The minimum atomic E-state index is -0.279. The smallest absolute Gasteiger partial charge is 0.261 e. The predicted octanol–water partition coefficient (Wildman–Crippen LogP) is 3.00. The molecule has 7 heteroatoms. The molecule has 0 radical (unpaired) electrons. The number of carbonyl (C=O) groups excluding carboxylic acids is 3. The molecule has 2 aromatic rings. The zero-order chi connectivity index (χ0) is 20.9. The summed E-state index contributed by atoms with van der Waals surface area (Å²) in [6.07, 6.45) is 5.92. The Morgan fingerprint density at radius 2 is 1.70 bits per heavy atom. The lowest BCUT2D eigenvalue weighted by Gasteiger charge is -2.33. The Balaban J connectivity index is 1.26. The van der Waals surface area contributed by atoms with Crippen LogP contribution in [-0.2, 0) is 4.79 Å². The molecule has 0 bridgehead atoms. The Bertz CT molecular complexity index is 868. The number of likely N-dealkylation sites (tertiary alicyclic amines) is 1. The van der Waals surface area contributed by atoms with E-state index in [-0.39, 0.29) is 36.7 Å². The number of rotatable bonds is 8. The number of imide groups is 1. The standard InChI is InChI=1S/C23H27N3O4/c27-21(11-6-14-26-22(28)17-8-2-3-9-18(17)23(26)29)24-16-19(20-10-7-15-30-20)25-12-4-1-5-13-25/h2-3,7-10,15,19H,1,4-6,11-14,16H2,(H,24,27). The van der Waals surface area contributed by atoms with Gasteiger partial charge in [0.1, 0.15) is 5.76 Å². The van der Waals surface area contributed by atoms with Crippen LogP contribution in [0, 0.1) is 0 Å². The summed E-state index contributed by atoms with van der Waals surface area (Å²) in [5, 5.41) is 3.00. The highest BCUT2D eigenvalue weighted by molar-refractivity contribution is 6.21. The largest absolute Gasteiger partial charge is 0.468 e. The summed E-state index contributed by atoms with van der Waals surface area (Å²) >= 11 is 0. The van der Waals surface area contributed by atoms with Crippen LogP contribution >= 0.6 is 0 Å². The van der Waals surface area contributed by atoms with E-state index in [1.807, 2.05) is 12.1 Å². The molecule has 1 fully saturated rings. The lowest BCUT2D eigenvalue weighted by atomic mass is 10.1. The van der Waals surface area contributed by atoms with Crippen LogP contribution in [-0.4, -0.2) is 53.7 Å². The molecule has 7 nitrogen and oxygen atoms in total. The number of nitrogens with zero attached hydrogens (tertiary/aromatic N) is 2. The van der Waals surface area contributed by atoms with Gasteiger partial charge in [-0.1, -0.05) is 18.6 Å². The predicted molar refractivity (Wildman–Crippen MR) is 111 cm³/mol. The fraction of sp³-hybridized carbons (Fsp3) is 0.435. The molecule has 158 valence electrons. The average molecular weight is 409 g/mol. The summed E-state index contributed by atoms with van der Waals surface area (Å²) in [5.74, 6) is 0.223. The van der Waals surface area contributed by atoms with Crippen LogP contribution in [0.15, 0.2) is 47.1 Å². The molecule has 1 aromatic heterocycles. The Morgan fingerprint density at radius 3 is 2.33 bits per heavy atom. The molecule has 1 atom stereocenters. The van der Waals surface area contributed by atoms with Crippen molar-refractivity contribution in [1.82, 2.24) is 15.1 Å². The molecule has 2 aliphatic rings. The van der Waals surface area contributed by atoms with Crippen molar-refractivity contribution < 1.29 is 18.8 Å². The molecule has 1 aromatic carbocycles. The molecule has 4 rings (SSSR count). The molecular weight excluding hydrogens is 382 g/mol. The van der Waals surface area contributed by atoms with Crippen LogP contribution in [0.1, 0.15) is 64.6 Å². The first kappa shape index (κ1) is 20.3. The first-order chi connectivity index (χ1) is 14.6. The summed E-state index contributed by atoms with van der Waals surface area (Å²) in [6, 6.07) is 10.7. The molecular formula is C23H27N3O4. The van der Waals surface area contributed by atoms with Crippen molar-refractivity contribution in [2.75, 3.05) is 26.2 Å². The second-order valence-electron chi connectivity index (χ2n) is 7.84. The summed E-state index contributed by atoms with van der Waals surface area (Å²) in [5.41, 5.74) is 0.879. The summed E-state index contributed by atoms with van der Waals surface area (Å²) in [4.78, 5) is 40.8. The molecule has 0 aliphatic carbocycles. The van der Waals surface area contributed by atoms with Gasteiger partial charge in [-0.25, -0.2) is 0 Å². The monoisotopic (exact) mass is 409 g/mol. The number of amides is 3. The maximum Gasteiger partial charge on any atom is 0.261 e. The van der Waals surface area contributed by atoms with Gasteiger partial charge in [-0.15, -0.1) is 0 Å². The second-order valence-corrected chi connectivity index (χ2v) is 7.84. The van der Waals surface area contributed by atoms with Crippen molar-refractivity contribution >= 4 is 17.7 Å². The van der Waals surface area contributed by atoms with Gasteiger partial charge in [-0.2, -0.15) is 0 Å². The molecule has 30 heavy (non-hydrogen) atoms. The van der Waals surface area contributed by atoms with E-state index in [1.165, 1.54) is 11.3 Å². The number of nitrogens with one attached hydrogen (secondary N) is 1. The van der Waals surface area contributed by atoms with Crippen LogP contribution in [0.2, 0.25) is 0 Å². The minimum absolute atomic E-state index is 0.0282. The van der Waals surface area contributed by atoms with E-state index in [0.717, 1.165) is 31.7 Å². The molecule has 0 saturated carbocycles. The number of piperidine rings is 1. The third kappa shape index (κ3) is 4.31. The van der Waals surface area contributed by atoms with Gasteiger partial charge in [0.15, 0.2) is 0 Å². The van der Waals surface area contributed by atoms with Gasteiger partial charge in [0, 0.05) is 19.5 Å². The molecule has 1 saturated heterocycles. The molecule has 3 amide bonds. The lowest BCUT2D eigenvalue weighted by molar-refractivity contribution is -0.121. The Kier molecular flexibility index (Phi) is 6.28. The quantitative estimate of drug-likeness (QED) is 0.678. The van der Waals surface area contributed by atoms with Crippen LogP contribution in [0.4, 0.5) is 0 Å². The summed E-state index contributed by atoms with van der Waals surface area (Å²) in [6.45, 7) is 2.73. The van der Waals surface area contributed by atoms with E-state index in [9.17, 15) is 14.4 Å². The van der Waals surface area contributed by atoms with Crippen LogP contribution in [0.5, 0.6) is 0 Å². The number of carbonyl (C=O) groups is 3. The van der Waals surface area contributed by atoms with Crippen molar-refractivity contribution in [3.8, 4) is 0 Å². The molecule has 1 unspecified atom stereocenters. The number of hydrogen-bond donors (Lipinski definition) is 1. The zero-order valence-corrected chi connectivity index (χ0v) is 17.0. The highest BCUT2D eigenvalue weighted by atomic mass is 16.3. The number of hydrogen-bond acceptors (Lipinski definition) is 5. The van der Waals surface area contributed by atoms with Gasteiger partial charge in [0.2, 0.25) is 5.91 Å². The maximum atomic E-state index is 12.4. The SMILES string of the molecule is O=C(CCCN1C(=O)c2ccccc2C1=O)NCC(c1ccco1)N1CCCCC1. The zero-order valence-electron chi connectivity index (χ0n) is 17.0. The summed E-state index contributed by atoms with van der Waals surface area (Å²) < 4.78 is 5.61. The van der Waals surface area contributed by atoms with Gasteiger partial charge in [-0.05, 0) is 56.6 Å². The second kappa shape index (κ2) is 9.26. The van der Waals surface area contributed by atoms with Gasteiger partial charge in [0.25, 0.3) is 11.8 Å². The van der Waals surface area contributed by atoms with E-state index in [4.69, 9.17) is 4.42 Å². The van der Waals surface area contributed by atoms with Gasteiger partial charge < -0.3 is 9.73 Å². The minimum Gasteiger partial charge on any atom is -0.468 e. The van der Waals surface area contributed by atoms with E-state index < -0.39 is 0 Å². The van der Waals surface area contributed by atoms with Gasteiger partial charge in [0.05, 0.1) is 23.4 Å². The van der Waals surface area contributed by atoms with E-state index in [2.05, 4.69) is 10.2 Å². The fourth-order valence-electron chi connectivity index (χ4n) is 4.26. The molecule has 2 aliphatic heterocycles. The highest BCUT2D eigenvalue weighted by Crippen LogP contribution is 2.25. The Hall–Kier alpha value is -2.93. The van der Waals surface area contributed by atoms with Crippen LogP contribution in [0.3, 0.4) is 0 Å². The number of benzene rings is 1. The first-order valence-corrected chi connectivity index (χ1v) is 10.6. The van der Waals surface area contributed by atoms with Crippen molar-refractivity contribution in [3.63, 3.8) is 0 Å². The number of fused-ring (bicyclic) bond motifs is 1. The van der Waals surface area contributed by atoms with Crippen LogP contribution in [0.25, 0.3) is 0 Å². The number of furan rings is 1. The first-order valence-electron chi connectivity index (χ1n) is 10.6. The van der Waals surface area contributed by atoms with Crippen molar-refractivity contribution in [2.45, 2.75) is 38.1 Å². The van der Waals surface area contributed by atoms with E-state index >= 15 is 0 Å². The lowest BCUT2D eigenvalue weighted by Crippen LogP contribution is -2.40. The van der Waals surface area contributed by atoms with Gasteiger partial charge in [-0.3, -0.25) is 24.2 Å². The van der Waals surface area contributed by atoms with Crippen molar-refractivity contribution in [3.05, 3.63) is 59.5 Å². The van der Waals surface area contributed by atoms with Crippen molar-refractivity contribution in [1.29, 1.82) is 0 Å². The Labute approximate surface area is 176 Å². The third-order valence-electron chi connectivity index (χ3n) is 5.86. The van der Waals surface area contributed by atoms with Crippen LogP contribution < -0.4 is 5.32 Å². The Morgan fingerprint density at radius 1 is 1.00 bits per heavy atom. The average Bonchev–Trinajstić information content (AvgIpc) is 3.38. The fourth-order valence-corrected chi connectivity index (χ4v) is 4.26. The summed E-state index contributed by atoms with van der Waals surface area (Å²) in [7, 11) is 0. The maximum absolute atomic E-state index is 12.4. The van der Waals surface area contributed by atoms with Crippen molar-refractivity contribution in [2.24, 2.45) is 0 Å². The van der Waals surface area contributed by atoms with Gasteiger partial charge >= 0.3 is 0 Å². The topological polar surface area (TPSA) is 82.9 Å². The molecule has 1 N–H and O–H groups in total. The highest BCUT2D eigenvalue weighted by Gasteiger charge is 2.34. The van der Waals surface area contributed by atoms with E-state index in [1.54, 1.807) is 30.5 Å². The van der Waals surface area contributed by atoms with E-state index in [0.29, 0.717) is 24.1 Å². The molecule has 0 spiro atoms. The normalized spacial score (nSPS) is 17.8.